The van der Waals surface area contributed by atoms with E-state index >= 15 is 0 Å². The third kappa shape index (κ3) is 3.37. The van der Waals surface area contributed by atoms with Crippen molar-refractivity contribution >= 4 is 50.5 Å². The summed E-state index contributed by atoms with van der Waals surface area (Å²) in [7, 11) is 1.64. The molecule has 2 aromatic rings. The van der Waals surface area contributed by atoms with Crippen LogP contribution in [0.3, 0.4) is 0 Å². The van der Waals surface area contributed by atoms with Crippen molar-refractivity contribution in [3.8, 4) is 0 Å². The lowest BCUT2D eigenvalue weighted by Crippen LogP contribution is -2.00. The largest absolute Gasteiger partial charge is 0.373 e. The standard InChI is InChI=1S/C12H10BrClN4O2/c1-15-11-5-8(18(19)20)6-12(17-11)16-10-4-7(14)2-3-9(10)13/h2-6H,1H3,(H2,15,16,17). The average Bonchev–Trinajstić information content (AvgIpc) is 2.42. The highest BCUT2D eigenvalue weighted by Crippen LogP contribution is 2.30. The van der Waals surface area contributed by atoms with Gasteiger partial charge in [-0.25, -0.2) is 4.98 Å². The van der Waals surface area contributed by atoms with Crippen LogP contribution in [0.1, 0.15) is 0 Å². The van der Waals surface area contributed by atoms with Crippen LogP contribution in [0.4, 0.5) is 23.0 Å². The molecule has 104 valence electrons. The maximum atomic E-state index is 10.9. The Labute approximate surface area is 128 Å². The summed E-state index contributed by atoms with van der Waals surface area (Å²) in [4.78, 5) is 14.6. The smallest absolute Gasteiger partial charge is 0.276 e. The van der Waals surface area contributed by atoms with Crippen LogP contribution in [0.15, 0.2) is 34.8 Å². The van der Waals surface area contributed by atoms with E-state index in [1.165, 1.54) is 12.1 Å². The number of rotatable bonds is 4. The predicted octanol–water partition coefficient (Wildman–Crippen LogP) is 4.19. The molecule has 2 N–H and O–H groups in total. The van der Waals surface area contributed by atoms with Gasteiger partial charge in [0, 0.05) is 16.5 Å². The lowest BCUT2D eigenvalue weighted by molar-refractivity contribution is -0.384. The quantitative estimate of drug-likeness (QED) is 0.633. The van der Waals surface area contributed by atoms with Crippen LogP contribution in [0.2, 0.25) is 5.02 Å². The van der Waals surface area contributed by atoms with Crippen LogP contribution >= 0.6 is 27.5 Å². The number of halogens is 2. The molecule has 0 aliphatic rings. The van der Waals surface area contributed by atoms with Gasteiger partial charge in [-0.3, -0.25) is 10.1 Å². The summed E-state index contributed by atoms with van der Waals surface area (Å²) in [5.41, 5.74) is 0.623. The topological polar surface area (TPSA) is 80.1 Å². The fraction of sp³-hybridized carbons (Fsp3) is 0.0833. The number of pyridine rings is 1. The molecule has 0 saturated carbocycles. The Morgan fingerprint density at radius 3 is 2.65 bits per heavy atom. The van der Waals surface area contributed by atoms with E-state index in [0.717, 1.165) is 4.47 Å². The number of benzene rings is 1. The summed E-state index contributed by atoms with van der Waals surface area (Å²) in [5.74, 6) is 0.756. The summed E-state index contributed by atoms with van der Waals surface area (Å²) in [5, 5.41) is 17.2. The van der Waals surface area contributed by atoms with Gasteiger partial charge in [0.1, 0.15) is 11.6 Å². The summed E-state index contributed by atoms with van der Waals surface area (Å²) < 4.78 is 0.779. The van der Waals surface area contributed by atoms with Crippen LogP contribution in [-0.4, -0.2) is 17.0 Å². The first-order valence-electron chi connectivity index (χ1n) is 5.56. The Morgan fingerprint density at radius 2 is 2.00 bits per heavy atom. The van der Waals surface area contributed by atoms with E-state index in [9.17, 15) is 10.1 Å². The van der Waals surface area contributed by atoms with Crippen molar-refractivity contribution in [1.82, 2.24) is 4.98 Å². The van der Waals surface area contributed by atoms with Crippen LogP contribution in [0.5, 0.6) is 0 Å². The van der Waals surface area contributed by atoms with Crippen molar-refractivity contribution in [2.45, 2.75) is 0 Å². The first-order chi connectivity index (χ1) is 9.49. The molecule has 0 unspecified atom stereocenters. The van der Waals surface area contributed by atoms with Crippen LogP contribution in [0, 0.1) is 10.1 Å². The van der Waals surface area contributed by atoms with Crippen molar-refractivity contribution in [3.05, 3.63) is 49.9 Å². The molecule has 1 aromatic heterocycles. The van der Waals surface area contributed by atoms with Crippen LogP contribution in [0.25, 0.3) is 0 Å². The lowest BCUT2D eigenvalue weighted by atomic mass is 10.3. The SMILES string of the molecule is CNc1cc([N+](=O)[O-])cc(Nc2cc(Cl)ccc2Br)n1. The molecule has 20 heavy (non-hydrogen) atoms. The highest BCUT2D eigenvalue weighted by Gasteiger charge is 2.11. The van der Waals surface area contributed by atoms with E-state index in [0.29, 0.717) is 22.3 Å². The van der Waals surface area contributed by atoms with Gasteiger partial charge in [-0.2, -0.15) is 0 Å². The summed E-state index contributed by atoms with van der Waals surface area (Å²) >= 11 is 9.29. The van der Waals surface area contributed by atoms with Gasteiger partial charge in [-0.15, -0.1) is 0 Å². The molecule has 1 aromatic carbocycles. The second-order valence-corrected chi connectivity index (χ2v) is 5.14. The predicted molar refractivity (Wildman–Crippen MR) is 82.9 cm³/mol. The van der Waals surface area contributed by atoms with Crippen molar-refractivity contribution in [2.75, 3.05) is 17.7 Å². The summed E-state index contributed by atoms with van der Waals surface area (Å²) in [6, 6.07) is 7.93. The van der Waals surface area contributed by atoms with E-state index in [1.54, 1.807) is 25.2 Å². The Bertz CT molecular complexity index is 666. The first kappa shape index (κ1) is 14.5. The van der Waals surface area contributed by atoms with Crippen LogP contribution in [-0.2, 0) is 0 Å². The Morgan fingerprint density at radius 1 is 1.30 bits per heavy atom. The Balaban J connectivity index is 2.39. The number of hydrogen-bond donors (Lipinski definition) is 2. The van der Waals surface area contributed by atoms with Gasteiger partial charge in [0.05, 0.1) is 22.7 Å². The number of aromatic nitrogens is 1. The van der Waals surface area contributed by atoms with Gasteiger partial charge in [-0.1, -0.05) is 11.6 Å². The zero-order valence-corrected chi connectivity index (χ0v) is 12.7. The number of nitrogens with zero attached hydrogens (tertiary/aromatic N) is 2. The molecular formula is C12H10BrClN4O2. The number of hydrogen-bond acceptors (Lipinski definition) is 5. The molecule has 0 aliphatic carbocycles. The molecule has 0 radical (unpaired) electrons. The minimum Gasteiger partial charge on any atom is -0.373 e. The maximum absolute atomic E-state index is 10.9. The van der Waals surface area contributed by atoms with Gasteiger partial charge < -0.3 is 10.6 Å². The molecular weight excluding hydrogens is 348 g/mol. The number of nitrogens with one attached hydrogen (secondary N) is 2. The monoisotopic (exact) mass is 356 g/mol. The van der Waals surface area contributed by atoms with E-state index in [2.05, 4.69) is 31.5 Å². The fourth-order valence-corrected chi connectivity index (χ4v) is 2.06. The Hall–Kier alpha value is -1.86. The minimum absolute atomic E-state index is 0.0509. The molecule has 0 spiro atoms. The van der Waals surface area contributed by atoms with E-state index in [4.69, 9.17) is 11.6 Å². The minimum atomic E-state index is -0.472. The molecule has 1 heterocycles. The van der Waals surface area contributed by atoms with Gasteiger partial charge in [0.25, 0.3) is 5.69 Å². The number of anilines is 3. The van der Waals surface area contributed by atoms with Crippen molar-refractivity contribution in [1.29, 1.82) is 0 Å². The summed E-state index contributed by atoms with van der Waals surface area (Å²) in [6.45, 7) is 0. The molecule has 0 fully saturated rings. The molecule has 2 rings (SSSR count). The third-order valence-corrected chi connectivity index (χ3v) is 3.39. The fourth-order valence-electron chi connectivity index (χ4n) is 1.54. The zero-order valence-electron chi connectivity index (χ0n) is 10.4. The van der Waals surface area contributed by atoms with E-state index in [1.807, 2.05) is 0 Å². The van der Waals surface area contributed by atoms with E-state index in [-0.39, 0.29) is 5.69 Å². The second-order valence-electron chi connectivity index (χ2n) is 3.85. The Kier molecular flexibility index (Phi) is 4.41. The van der Waals surface area contributed by atoms with Crippen molar-refractivity contribution in [3.63, 3.8) is 0 Å². The summed E-state index contributed by atoms with van der Waals surface area (Å²) in [6.07, 6.45) is 0. The van der Waals surface area contributed by atoms with Gasteiger partial charge in [0.2, 0.25) is 0 Å². The molecule has 0 saturated heterocycles. The molecule has 6 nitrogen and oxygen atoms in total. The van der Waals surface area contributed by atoms with Crippen LogP contribution < -0.4 is 10.6 Å². The van der Waals surface area contributed by atoms with Gasteiger partial charge in [-0.05, 0) is 34.1 Å². The highest BCUT2D eigenvalue weighted by molar-refractivity contribution is 9.10. The first-order valence-corrected chi connectivity index (χ1v) is 6.73. The average molecular weight is 358 g/mol. The van der Waals surface area contributed by atoms with Gasteiger partial charge in [0.15, 0.2) is 0 Å². The molecule has 0 bridgehead atoms. The normalized spacial score (nSPS) is 10.2. The highest BCUT2D eigenvalue weighted by atomic mass is 79.9. The third-order valence-electron chi connectivity index (χ3n) is 2.47. The number of nitro groups is 1. The second kappa shape index (κ2) is 6.06. The molecule has 8 heteroatoms. The molecule has 0 amide bonds. The van der Waals surface area contributed by atoms with Crippen molar-refractivity contribution in [2.24, 2.45) is 0 Å². The lowest BCUT2D eigenvalue weighted by Gasteiger charge is -2.09. The zero-order chi connectivity index (χ0) is 14.7. The van der Waals surface area contributed by atoms with Gasteiger partial charge >= 0.3 is 0 Å². The van der Waals surface area contributed by atoms with Crippen molar-refractivity contribution < 1.29 is 4.92 Å². The maximum Gasteiger partial charge on any atom is 0.276 e. The molecule has 0 atom stereocenters. The molecule has 0 aliphatic heterocycles. The van der Waals surface area contributed by atoms with E-state index < -0.39 is 4.92 Å².